The Morgan fingerprint density at radius 3 is 2.62 bits per heavy atom. The van der Waals surface area contributed by atoms with E-state index >= 15 is 0 Å². The van der Waals surface area contributed by atoms with E-state index in [-0.39, 0.29) is 0 Å². The topological polar surface area (TPSA) is 55.4 Å². The van der Waals surface area contributed by atoms with E-state index in [0.29, 0.717) is 5.96 Å². The lowest BCUT2D eigenvalue weighted by atomic mass is 10.7. The van der Waals surface area contributed by atoms with E-state index in [9.17, 15) is 0 Å². The number of aliphatic imine (C=N–C) groups is 2. The molecule has 68 valence electrons. The maximum atomic E-state index is 4.00. The van der Waals surface area contributed by atoms with Crippen LogP contribution in [0, 0.1) is 0 Å². The number of halogens is 1. The number of hydrogen-bond acceptors (Lipinski definition) is 3. The third-order valence-corrected chi connectivity index (χ3v) is 1.30. The van der Waals surface area contributed by atoms with Crippen LogP contribution in [0.3, 0.4) is 0 Å². The summed E-state index contributed by atoms with van der Waals surface area (Å²) in [6.45, 7) is 5.23. The molecule has 0 aliphatic rings. The summed E-state index contributed by atoms with van der Waals surface area (Å²) in [5, 5.41) is 7.72. The lowest BCUT2D eigenvalue weighted by molar-refractivity contribution is 0.790. The minimum Gasteiger partial charge on any atom is -0.226 e. The molecule has 0 amide bonds. The van der Waals surface area contributed by atoms with Gasteiger partial charge in [0.15, 0.2) is 0 Å². The summed E-state index contributed by atoms with van der Waals surface area (Å²) in [5.41, 5.74) is 0. The molecule has 1 aromatic rings. The minimum atomic E-state index is 0.337. The molecule has 0 atom stereocenters. The monoisotopic (exact) mass is 241 g/mol. The number of allylic oxidation sites excluding steroid dienone is 1. The molecule has 0 radical (unpaired) electrons. The van der Waals surface area contributed by atoms with Gasteiger partial charge >= 0.3 is 0 Å². The van der Waals surface area contributed by atoms with Gasteiger partial charge in [-0.05, 0) is 13.6 Å². The number of rotatable bonds is 1. The zero-order valence-electron chi connectivity index (χ0n) is 7.05. The SMILES string of the molecule is C=NC(=N/C=C(\C)Br)n1nccn1. The summed E-state index contributed by atoms with van der Waals surface area (Å²) in [6, 6.07) is 0. The van der Waals surface area contributed by atoms with Crippen LogP contribution in [-0.4, -0.2) is 27.7 Å². The van der Waals surface area contributed by atoms with Crippen LogP contribution in [-0.2, 0) is 0 Å². The van der Waals surface area contributed by atoms with Crippen LogP contribution in [0.1, 0.15) is 6.92 Å². The third kappa shape index (κ3) is 2.90. The summed E-state index contributed by atoms with van der Waals surface area (Å²) in [5.74, 6) is 0.337. The third-order valence-electron chi connectivity index (χ3n) is 1.10. The Bertz CT molecular complexity index is 334. The lowest BCUT2D eigenvalue weighted by Crippen LogP contribution is -2.11. The predicted molar refractivity (Wildman–Crippen MR) is 55.1 cm³/mol. The van der Waals surface area contributed by atoms with E-state index in [0.717, 1.165) is 4.48 Å². The maximum absolute atomic E-state index is 4.00. The van der Waals surface area contributed by atoms with Gasteiger partial charge in [0.05, 0.1) is 12.4 Å². The molecule has 0 unspecified atom stereocenters. The molecule has 1 rings (SSSR count). The van der Waals surface area contributed by atoms with Crippen LogP contribution in [0.4, 0.5) is 0 Å². The first kappa shape index (κ1) is 9.79. The van der Waals surface area contributed by atoms with Gasteiger partial charge in [-0.2, -0.15) is 10.2 Å². The molecular formula is C7H8BrN5. The molecule has 5 nitrogen and oxygen atoms in total. The molecule has 0 aromatic carbocycles. The molecule has 0 N–H and O–H groups in total. The van der Waals surface area contributed by atoms with Crippen LogP contribution < -0.4 is 0 Å². The van der Waals surface area contributed by atoms with E-state index in [2.05, 4.69) is 42.8 Å². The van der Waals surface area contributed by atoms with Crippen molar-refractivity contribution >= 4 is 28.6 Å². The van der Waals surface area contributed by atoms with E-state index in [4.69, 9.17) is 0 Å². The molecule has 13 heavy (non-hydrogen) atoms. The van der Waals surface area contributed by atoms with Gasteiger partial charge in [-0.25, -0.2) is 9.98 Å². The molecule has 0 bridgehead atoms. The molecule has 0 saturated carbocycles. The average Bonchev–Trinajstić information content (AvgIpc) is 2.58. The largest absolute Gasteiger partial charge is 0.268 e. The van der Waals surface area contributed by atoms with Crippen LogP contribution in [0.2, 0.25) is 0 Å². The molecule has 6 heteroatoms. The zero-order valence-corrected chi connectivity index (χ0v) is 8.64. The second kappa shape index (κ2) is 4.66. The van der Waals surface area contributed by atoms with Gasteiger partial charge in [0, 0.05) is 10.7 Å². The Morgan fingerprint density at radius 2 is 2.15 bits per heavy atom. The smallest absolute Gasteiger partial charge is 0.226 e. The molecular weight excluding hydrogens is 234 g/mol. The fraction of sp³-hybridized carbons (Fsp3) is 0.143. The molecule has 0 aliphatic heterocycles. The average molecular weight is 242 g/mol. The predicted octanol–water partition coefficient (Wildman–Crippen LogP) is 1.44. The van der Waals surface area contributed by atoms with Gasteiger partial charge in [-0.15, -0.1) is 4.80 Å². The van der Waals surface area contributed by atoms with Gasteiger partial charge in [0.1, 0.15) is 0 Å². The molecule has 0 saturated heterocycles. The van der Waals surface area contributed by atoms with Crippen LogP contribution in [0.25, 0.3) is 0 Å². The molecule has 1 aromatic heterocycles. The molecule has 1 heterocycles. The van der Waals surface area contributed by atoms with E-state index in [1.807, 2.05) is 6.92 Å². The van der Waals surface area contributed by atoms with Crippen molar-refractivity contribution in [3.63, 3.8) is 0 Å². The van der Waals surface area contributed by atoms with Crippen molar-refractivity contribution in [1.82, 2.24) is 15.0 Å². The van der Waals surface area contributed by atoms with E-state index in [1.165, 1.54) is 4.80 Å². The first-order valence-electron chi connectivity index (χ1n) is 3.47. The molecule has 0 fully saturated rings. The van der Waals surface area contributed by atoms with E-state index in [1.54, 1.807) is 18.6 Å². The quantitative estimate of drug-likeness (QED) is 0.552. The van der Waals surface area contributed by atoms with Gasteiger partial charge < -0.3 is 0 Å². The van der Waals surface area contributed by atoms with Crippen molar-refractivity contribution in [2.45, 2.75) is 6.92 Å². The van der Waals surface area contributed by atoms with Gasteiger partial charge in [-0.1, -0.05) is 15.9 Å². The van der Waals surface area contributed by atoms with Crippen LogP contribution in [0.15, 0.2) is 33.1 Å². The van der Waals surface area contributed by atoms with Crippen molar-refractivity contribution in [2.75, 3.05) is 0 Å². The van der Waals surface area contributed by atoms with Crippen molar-refractivity contribution in [3.8, 4) is 0 Å². The number of aromatic nitrogens is 3. The second-order valence-corrected chi connectivity index (χ2v) is 3.37. The Balaban J connectivity index is 2.92. The lowest BCUT2D eigenvalue weighted by Gasteiger charge is -1.94. The Hall–Kier alpha value is -1.30. The summed E-state index contributed by atoms with van der Waals surface area (Å²) in [7, 11) is 0. The highest BCUT2D eigenvalue weighted by molar-refractivity contribution is 9.11. The Kier molecular flexibility index (Phi) is 3.51. The fourth-order valence-corrected chi connectivity index (χ4v) is 0.724. The van der Waals surface area contributed by atoms with Crippen molar-refractivity contribution < 1.29 is 0 Å². The highest BCUT2D eigenvalue weighted by atomic mass is 79.9. The second-order valence-electron chi connectivity index (χ2n) is 2.12. The number of hydrogen-bond donors (Lipinski definition) is 0. The normalized spacial score (nSPS) is 13.1. The summed E-state index contributed by atoms with van der Waals surface area (Å²) < 4.78 is 0.890. The van der Waals surface area contributed by atoms with Crippen molar-refractivity contribution in [3.05, 3.63) is 23.1 Å². The Morgan fingerprint density at radius 1 is 1.54 bits per heavy atom. The first-order chi connectivity index (χ1) is 6.24. The summed E-state index contributed by atoms with van der Waals surface area (Å²) >= 11 is 3.24. The highest BCUT2D eigenvalue weighted by Crippen LogP contribution is 2.01. The summed E-state index contributed by atoms with van der Waals surface area (Å²) in [4.78, 5) is 8.97. The van der Waals surface area contributed by atoms with Gasteiger partial charge in [0.2, 0.25) is 0 Å². The van der Waals surface area contributed by atoms with Crippen LogP contribution >= 0.6 is 15.9 Å². The molecule has 0 spiro atoms. The zero-order chi connectivity index (χ0) is 9.68. The minimum absolute atomic E-state index is 0.337. The maximum Gasteiger partial charge on any atom is 0.268 e. The first-order valence-corrected chi connectivity index (χ1v) is 4.27. The van der Waals surface area contributed by atoms with Gasteiger partial charge in [-0.3, -0.25) is 0 Å². The van der Waals surface area contributed by atoms with Crippen LogP contribution in [0.5, 0.6) is 0 Å². The fourth-order valence-electron chi connectivity index (χ4n) is 0.621. The van der Waals surface area contributed by atoms with E-state index < -0.39 is 0 Å². The van der Waals surface area contributed by atoms with Crippen molar-refractivity contribution in [2.24, 2.45) is 9.98 Å². The standard InChI is InChI=1S/C7H8BrN5/c1-6(8)5-10-7(9-2)13-11-3-4-12-13/h3-5H,2H2,1H3/b6-5+,10-7?. The van der Waals surface area contributed by atoms with Crippen molar-refractivity contribution in [1.29, 1.82) is 0 Å². The Labute approximate surface area is 84.0 Å². The highest BCUT2D eigenvalue weighted by Gasteiger charge is 1.97. The van der Waals surface area contributed by atoms with Gasteiger partial charge in [0.25, 0.3) is 5.96 Å². The number of nitrogens with zero attached hydrogens (tertiary/aromatic N) is 5. The summed E-state index contributed by atoms with van der Waals surface area (Å²) in [6.07, 6.45) is 4.70. The molecule has 0 aliphatic carbocycles.